The predicted octanol–water partition coefficient (Wildman–Crippen LogP) is 3.42. The summed E-state index contributed by atoms with van der Waals surface area (Å²) in [6.45, 7) is 8.79. The van der Waals surface area contributed by atoms with E-state index in [9.17, 15) is 14.4 Å². The van der Waals surface area contributed by atoms with Gasteiger partial charge in [-0.1, -0.05) is 12.1 Å². The van der Waals surface area contributed by atoms with E-state index >= 15 is 0 Å². The van der Waals surface area contributed by atoms with Gasteiger partial charge in [0.2, 0.25) is 11.8 Å². The maximum atomic E-state index is 12.5. The maximum Gasteiger partial charge on any atom is 0.238 e. The lowest BCUT2D eigenvalue weighted by Crippen LogP contribution is -2.50. The number of benzene rings is 1. The molecular formula is C23H29N3O3S. The van der Waals surface area contributed by atoms with E-state index in [2.05, 4.69) is 10.2 Å². The summed E-state index contributed by atoms with van der Waals surface area (Å²) in [6, 6.07) is 9.63. The zero-order valence-corrected chi connectivity index (χ0v) is 18.7. The number of hydrogen-bond donors (Lipinski definition) is 1. The summed E-state index contributed by atoms with van der Waals surface area (Å²) in [4.78, 5) is 42.7. The molecule has 2 amide bonds. The molecule has 0 radical (unpaired) electrons. The monoisotopic (exact) mass is 427 g/mol. The molecule has 1 saturated heterocycles. The summed E-state index contributed by atoms with van der Waals surface area (Å²) < 4.78 is 0. The predicted molar refractivity (Wildman–Crippen MR) is 120 cm³/mol. The molecule has 3 rings (SSSR count). The average Bonchev–Trinajstić information content (AvgIpc) is 3.16. The molecule has 7 heteroatoms. The molecule has 1 aromatic carbocycles. The number of anilines is 1. The van der Waals surface area contributed by atoms with E-state index < -0.39 is 0 Å². The van der Waals surface area contributed by atoms with Gasteiger partial charge in [0.1, 0.15) is 0 Å². The standard InChI is InChI=1S/C23H29N3O3S/c1-16-5-4-6-19(18(16)3)24-22(28)15-25-11-13-26(14-12-25)23(29)10-8-20(27)21-9-7-17(2)30-21/h4-7,9H,8,10-15H2,1-3H3,(H,24,28). The van der Waals surface area contributed by atoms with Gasteiger partial charge in [-0.3, -0.25) is 19.3 Å². The van der Waals surface area contributed by atoms with Gasteiger partial charge >= 0.3 is 0 Å². The first kappa shape index (κ1) is 22.2. The number of piperazine rings is 1. The van der Waals surface area contributed by atoms with Crippen LogP contribution in [-0.4, -0.2) is 60.1 Å². The molecule has 1 fully saturated rings. The first-order valence-corrected chi connectivity index (χ1v) is 11.1. The molecule has 160 valence electrons. The molecule has 0 atom stereocenters. The number of nitrogens with one attached hydrogen (secondary N) is 1. The van der Waals surface area contributed by atoms with E-state index in [0.717, 1.165) is 26.6 Å². The minimum absolute atomic E-state index is 0.0103. The highest BCUT2D eigenvalue weighted by molar-refractivity contribution is 7.14. The number of hydrogen-bond acceptors (Lipinski definition) is 5. The average molecular weight is 428 g/mol. The lowest BCUT2D eigenvalue weighted by molar-refractivity contribution is -0.133. The van der Waals surface area contributed by atoms with Crippen LogP contribution in [0.5, 0.6) is 0 Å². The molecule has 1 N–H and O–H groups in total. The van der Waals surface area contributed by atoms with Crippen LogP contribution in [0, 0.1) is 20.8 Å². The molecule has 30 heavy (non-hydrogen) atoms. The molecule has 1 aliphatic rings. The molecule has 1 aromatic heterocycles. The van der Waals surface area contributed by atoms with Crippen LogP contribution in [-0.2, 0) is 9.59 Å². The van der Waals surface area contributed by atoms with Crippen LogP contribution in [0.15, 0.2) is 30.3 Å². The van der Waals surface area contributed by atoms with Crippen LogP contribution in [0.1, 0.15) is 38.5 Å². The highest BCUT2D eigenvalue weighted by atomic mass is 32.1. The first-order valence-electron chi connectivity index (χ1n) is 10.3. The van der Waals surface area contributed by atoms with E-state index in [1.807, 2.05) is 51.1 Å². The van der Waals surface area contributed by atoms with Crippen molar-refractivity contribution in [3.63, 3.8) is 0 Å². The summed E-state index contributed by atoms with van der Waals surface area (Å²) in [7, 11) is 0. The third-order valence-electron chi connectivity index (χ3n) is 5.55. The van der Waals surface area contributed by atoms with Crippen LogP contribution in [0.4, 0.5) is 5.69 Å². The summed E-state index contributed by atoms with van der Waals surface area (Å²) in [6.07, 6.45) is 0.486. The molecule has 1 aliphatic heterocycles. The van der Waals surface area contributed by atoms with Crippen molar-refractivity contribution in [2.75, 3.05) is 38.0 Å². The van der Waals surface area contributed by atoms with Gasteiger partial charge in [-0.25, -0.2) is 0 Å². The minimum atomic E-state index is -0.0414. The van der Waals surface area contributed by atoms with E-state index in [1.165, 1.54) is 11.3 Å². The fourth-order valence-corrected chi connectivity index (χ4v) is 4.36. The SMILES string of the molecule is Cc1ccc(C(=O)CCC(=O)N2CCN(CC(=O)Nc3cccc(C)c3C)CC2)s1. The van der Waals surface area contributed by atoms with Crippen molar-refractivity contribution < 1.29 is 14.4 Å². The number of carbonyl (C=O) groups excluding carboxylic acids is 3. The molecule has 0 saturated carbocycles. The van der Waals surface area contributed by atoms with E-state index in [4.69, 9.17) is 0 Å². The summed E-state index contributed by atoms with van der Waals surface area (Å²) in [5, 5.41) is 2.98. The molecule has 6 nitrogen and oxygen atoms in total. The Morgan fingerprint density at radius 2 is 1.70 bits per heavy atom. The summed E-state index contributed by atoms with van der Waals surface area (Å²) in [5.74, 6) is -0.000344. The van der Waals surface area contributed by atoms with Crippen LogP contribution in [0.2, 0.25) is 0 Å². The van der Waals surface area contributed by atoms with Crippen LogP contribution in [0.25, 0.3) is 0 Å². The molecule has 2 aromatic rings. The second-order valence-electron chi connectivity index (χ2n) is 7.79. The highest BCUT2D eigenvalue weighted by Crippen LogP contribution is 2.19. The number of aryl methyl sites for hydroxylation is 2. The number of thiophene rings is 1. The lowest BCUT2D eigenvalue weighted by Gasteiger charge is -2.34. The van der Waals surface area contributed by atoms with Gasteiger partial charge in [0.05, 0.1) is 11.4 Å². The Kier molecular flexibility index (Phi) is 7.39. The Labute approximate surface area is 181 Å². The maximum absolute atomic E-state index is 12.5. The van der Waals surface area contributed by atoms with Crippen LogP contribution < -0.4 is 5.32 Å². The van der Waals surface area contributed by atoms with Gasteiger partial charge in [-0.05, 0) is 50.1 Å². The number of Topliss-reactive ketones (excluding diaryl/α,β-unsaturated/α-hetero) is 1. The fraction of sp³-hybridized carbons (Fsp3) is 0.435. The van der Waals surface area contributed by atoms with Crippen LogP contribution >= 0.6 is 11.3 Å². The van der Waals surface area contributed by atoms with E-state index in [0.29, 0.717) is 32.7 Å². The molecule has 0 bridgehead atoms. The van der Waals surface area contributed by atoms with E-state index in [-0.39, 0.29) is 30.4 Å². The highest BCUT2D eigenvalue weighted by Gasteiger charge is 2.23. The van der Waals surface area contributed by atoms with Crippen molar-refractivity contribution in [2.24, 2.45) is 0 Å². The zero-order valence-electron chi connectivity index (χ0n) is 17.9. The number of nitrogens with zero attached hydrogens (tertiary/aromatic N) is 2. The van der Waals surface area contributed by atoms with E-state index in [1.54, 1.807) is 4.90 Å². The summed E-state index contributed by atoms with van der Waals surface area (Å²) in [5.41, 5.74) is 3.07. The largest absolute Gasteiger partial charge is 0.340 e. The van der Waals surface area contributed by atoms with Gasteiger partial charge in [0.15, 0.2) is 5.78 Å². The Morgan fingerprint density at radius 3 is 2.37 bits per heavy atom. The number of amides is 2. The topological polar surface area (TPSA) is 69.7 Å². The van der Waals surface area contributed by atoms with Gasteiger partial charge in [-0.2, -0.15) is 0 Å². The van der Waals surface area contributed by atoms with Crippen molar-refractivity contribution in [3.05, 3.63) is 51.2 Å². The van der Waals surface area contributed by atoms with Crippen molar-refractivity contribution in [2.45, 2.75) is 33.6 Å². The smallest absolute Gasteiger partial charge is 0.238 e. The molecule has 0 aliphatic carbocycles. The second kappa shape index (κ2) is 10.00. The fourth-order valence-electron chi connectivity index (χ4n) is 3.52. The zero-order chi connectivity index (χ0) is 21.7. The molecular weight excluding hydrogens is 398 g/mol. The van der Waals surface area contributed by atoms with Crippen LogP contribution in [0.3, 0.4) is 0 Å². The van der Waals surface area contributed by atoms with Gasteiger partial charge in [-0.15, -0.1) is 11.3 Å². The Bertz CT molecular complexity index is 930. The third kappa shape index (κ3) is 5.77. The van der Waals surface area contributed by atoms with Crippen molar-refractivity contribution in [1.29, 1.82) is 0 Å². The normalized spacial score (nSPS) is 14.6. The van der Waals surface area contributed by atoms with Crippen molar-refractivity contribution >= 4 is 34.6 Å². The molecule has 2 heterocycles. The minimum Gasteiger partial charge on any atom is -0.340 e. The van der Waals surface area contributed by atoms with Gasteiger partial charge < -0.3 is 10.2 Å². The molecule has 0 unspecified atom stereocenters. The lowest BCUT2D eigenvalue weighted by atomic mass is 10.1. The van der Waals surface area contributed by atoms with Gasteiger partial charge in [0, 0.05) is 49.6 Å². The van der Waals surface area contributed by atoms with Crippen molar-refractivity contribution in [3.8, 4) is 0 Å². The first-order chi connectivity index (χ1) is 14.3. The Hall–Kier alpha value is -2.51. The second-order valence-corrected chi connectivity index (χ2v) is 9.07. The van der Waals surface area contributed by atoms with Crippen molar-refractivity contribution in [1.82, 2.24) is 9.80 Å². The van der Waals surface area contributed by atoms with Gasteiger partial charge in [0.25, 0.3) is 0 Å². The Balaban J connectivity index is 1.40. The number of ketones is 1. The third-order valence-corrected chi connectivity index (χ3v) is 6.59. The quantitative estimate of drug-likeness (QED) is 0.688. The summed E-state index contributed by atoms with van der Waals surface area (Å²) >= 11 is 1.47. The number of rotatable bonds is 7. The Morgan fingerprint density at radius 1 is 0.967 bits per heavy atom. The number of carbonyl (C=O) groups is 3. The molecule has 0 spiro atoms.